The zero-order valence-corrected chi connectivity index (χ0v) is 10.2. The molecule has 4 heteroatoms. The molecule has 17 heavy (non-hydrogen) atoms. The van der Waals surface area contributed by atoms with E-state index in [-0.39, 0.29) is 0 Å². The van der Waals surface area contributed by atoms with Crippen LogP contribution in [0.4, 0.5) is 14.5 Å². The van der Waals surface area contributed by atoms with Crippen LogP contribution in [0.1, 0.15) is 23.6 Å². The summed E-state index contributed by atoms with van der Waals surface area (Å²) >= 11 is 0. The fourth-order valence-electron chi connectivity index (χ4n) is 2.44. The molecule has 1 heterocycles. The molecule has 1 unspecified atom stereocenters. The number of nitrogens with one attached hydrogen (secondary N) is 1. The summed E-state index contributed by atoms with van der Waals surface area (Å²) in [5.41, 5.74) is 3.03. The largest absolute Gasteiger partial charge is 0.374 e. The van der Waals surface area contributed by atoms with E-state index in [0.717, 1.165) is 19.4 Å². The molecule has 94 valence electrons. The number of alkyl halides is 2. The standard InChI is InChI=1S/C13H18F2N2/c1-16-12(13(14)15)10-5-6-11-9(8-10)4-3-7-17(11)2/h5-6,8,12-13,16H,3-4,7H2,1-2H3. The predicted molar refractivity (Wildman–Crippen MR) is 65.8 cm³/mol. The lowest BCUT2D eigenvalue weighted by Gasteiger charge is -2.28. The Morgan fingerprint density at radius 3 is 2.76 bits per heavy atom. The van der Waals surface area contributed by atoms with Crippen molar-refractivity contribution in [2.24, 2.45) is 0 Å². The number of hydrogen-bond acceptors (Lipinski definition) is 2. The quantitative estimate of drug-likeness (QED) is 0.873. The molecule has 1 aliphatic heterocycles. The number of hydrogen-bond donors (Lipinski definition) is 1. The molecule has 0 amide bonds. The topological polar surface area (TPSA) is 15.3 Å². The van der Waals surface area contributed by atoms with Gasteiger partial charge >= 0.3 is 0 Å². The fraction of sp³-hybridized carbons (Fsp3) is 0.538. The molecule has 0 bridgehead atoms. The summed E-state index contributed by atoms with van der Waals surface area (Å²) in [6.45, 7) is 1.04. The molecule has 1 N–H and O–H groups in total. The SMILES string of the molecule is CNC(c1ccc2c(c1)CCCN2C)C(F)F. The minimum absolute atomic E-state index is 0.677. The zero-order valence-electron chi connectivity index (χ0n) is 10.2. The maximum absolute atomic E-state index is 12.8. The lowest BCUT2D eigenvalue weighted by atomic mass is 9.97. The monoisotopic (exact) mass is 240 g/mol. The van der Waals surface area contributed by atoms with E-state index in [4.69, 9.17) is 0 Å². The van der Waals surface area contributed by atoms with Crippen molar-refractivity contribution in [2.75, 3.05) is 25.5 Å². The molecule has 0 aromatic heterocycles. The highest BCUT2D eigenvalue weighted by Crippen LogP contribution is 2.30. The summed E-state index contributed by atoms with van der Waals surface area (Å²) < 4.78 is 25.6. The van der Waals surface area contributed by atoms with Gasteiger partial charge in [0.15, 0.2) is 0 Å². The Morgan fingerprint density at radius 2 is 2.12 bits per heavy atom. The van der Waals surface area contributed by atoms with Crippen LogP contribution in [-0.4, -0.2) is 27.1 Å². The normalized spacial score (nSPS) is 17.1. The van der Waals surface area contributed by atoms with Crippen LogP contribution in [0.25, 0.3) is 0 Å². The second-order valence-corrected chi connectivity index (χ2v) is 4.51. The Labute approximate surface area is 101 Å². The van der Waals surface area contributed by atoms with Gasteiger partial charge in [-0.1, -0.05) is 12.1 Å². The van der Waals surface area contributed by atoms with E-state index in [0.29, 0.717) is 5.56 Å². The molecular weight excluding hydrogens is 222 g/mol. The van der Waals surface area contributed by atoms with Crippen LogP contribution < -0.4 is 10.2 Å². The molecule has 0 saturated carbocycles. The molecule has 2 nitrogen and oxygen atoms in total. The molecule has 1 aromatic rings. The number of fused-ring (bicyclic) bond motifs is 1. The molecule has 2 rings (SSSR count). The minimum Gasteiger partial charge on any atom is -0.374 e. The van der Waals surface area contributed by atoms with Gasteiger partial charge < -0.3 is 10.2 Å². The van der Waals surface area contributed by atoms with E-state index in [9.17, 15) is 8.78 Å². The van der Waals surface area contributed by atoms with E-state index in [1.54, 1.807) is 13.1 Å². The highest BCUT2D eigenvalue weighted by molar-refractivity contribution is 5.56. The first-order chi connectivity index (χ1) is 8.13. The molecule has 1 atom stereocenters. The summed E-state index contributed by atoms with van der Waals surface area (Å²) in [6, 6.07) is 4.80. The van der Waals surface area contributed by atoms with Gasteiger partial charge in [0.1, 0.15) is 0 Å². The van der Waals surface area contributed by atoms with Gasteiger partial charge in [-0.3, -0.25) is 0 Å². The summed E-state index contributed by atoms with van der Waals surface area (Å²) in [6.07, 6.45) is -0.307. The van der Waals surface area contributed by atoms with Crippen LogP contribution in [0.15, 0.2) is 18.2 Å². The average molecular weight is 240 g/mol. The third-order valence-corrected chi connectivity index (χ3v) is 3.38. The second kappa shape index (κ2) is 5.00. The smallest absolute Gasteiger partial charge is 0.257 e. The first-order valence-corrected chi connectivity index (χ1v) is 5.93. The minimum atomic E-state index is -2.38. The highest BCUT2D eigenvalue weighted by Gasteiger charge is 2.22. The summed E-state index contributed by atoms with van der Waals surface area (Å²) in [4.78, 5) is 2.18. The first-order valence-electron chi connectivity index (χ1n) is 5.93. The molecule has 1 aromatic carbocycles. The summed E-state index contributed by atoms with van der Waals surface area (Å²) in [5, 5.41) is 2.67. The van der Waals surface area contributed by atoms with Gasteiger partial charge in [-0.25, -0.2) is 8.78 Å². The van der Waals surface area contributed by atoms with Crippen molar-refractivity contribution in [2.45, 2.75) is 25.3 Å². The first kappa shape index (κ1) is 12.3. The van der Waals surface area contributed by atoms with Crippen LogP contribution in [0, 0.1) is 0 Å². The van der Waals surface area contributed by atoms with Gasteiger partial charge in [0.25, 0.3) is 6.43 Å². The number of rotatable bonds is 3. The number of halogens is 2. The van der Waals surface area contributed by atoms with Gasteiger partial charge in [0, 0.05) is 19.3 Å². The van der Waals surface area contributed by atoms with Crippen LogP contribution in [-0.2, 0) is 6.42 Å². The predicted octanol–water partition coefficient (Wildman–Crippen LogP) is 2.59. The second-order valence-electron chi connectivity index (χ2n) is 4.51. The third-order valence-electron chi connectivity index (χ3n) is 3.38. The average Bonchev–Trinajstić information content (AvgIpc) is 2.29. The van der Waals surface area contributed by atoms with E-state index >= 15 is 0 Å². The number of nitrogens with zero attached hydrogens (tertiary/aromatic N) is 1. The van der Waals surface area contributed by atoms with Crippen LogP contribution in [0.3, 0.4) is 0 Å². The van der Waals surface area contributed by atoms with Crippen molar-refractivity contribution >= 4 is 5.69 Å². The Hall–Kier alpha value is -1.16. The Kier molecular flexibility index (Phi) is 3.62. The van der Waals surface area contributed by atoms with Gasteiger partial charge in [0.05, 0.1) is 6.04 Å². The molecule has 1 aliphatic rings. The van der Waals surface area contributed by atoms with Gasteiger partial charge in [-0.2, -0.15) is 0 Å². The van der Waals surface area contributed by atoms with Crippen molar-refractivity contribution in [3.05, 3.63) is 29.3 Å². The number of anilines is 1. The van der Waals surface area contributed by atoms with Gasteiger partial charge in [0.2, 0.25) is 0 Å². The maximum Gasteiger partial charge on any atom is 0.257 e. The Morgan fingerprint density at radius 1 is 1.35 bits per heavy atom. The summed E-state index contributed by atoms with van der Waals surface area (Å²) in [5.74, 6) is 0. The number of aryl methyl sites for hydroxylation is 1. The lowest BCUT2D eigenvalue weighted by molar-refractivity contribution is 0.102. The lowest BCUT2D eigenvalue weighted by Crippen LogP contribution is -2.26. The van der Waals surface area contributed by atoms with Crippen LogP contribution in [0.2, 0.25) is 0 Å². The zero-order chi connectivity index (χ0) is 12.4. The molecule has 0 spiro atoms. The van der Waals surface area contributed by atoms with Crippen molar-refractivity contribution < 1.29 is 8.78 Å². The van der Waals surface area contributed by atoms with Crippen molar-refractivity contribution in [3.8, 4) is 0 Å². The molecule has 0 fully saturated rings. The van der Waals surface area contributed by atoms with E-state index < -0.39 is 12.5 Å². The van der Waals surface area contributed by atoms with E-state index in [2.05, 4.69) is 10.2 Å². The molecular formula is C13H18F2N2. The fourth-order valence-corrected chi connectivity index (χ4v) is 2.44. The Balaban J connectivity index is 2.32. The highest BCUT2D eigenvalue weighted by atomic mass is 19.3. The van der Waals surface area contributed by atoms with E-state index in [1.165, 1.54) is 11.3 Å². The van der Waals surface area contributed by atoms with Crippen LogP contribution in [0.5, 0.6) is 0 Å². The molecule has 0 saturated heterocycles. The van der Waals surface area contributed by atoms with Gasteiger partial charge in [-0.05, 0) is 37.1 Å². The third kappa shape index (κ3) is 2.41. The van der Waals surface area contributed by atoms with Crippen molar-refractivity contribution in [3.63, 3.8) is 0 Å². The van der Waals surface area contributed by atoms with Crippen molar-refractivity contribution in [1.82, 2.24) is 5.32 Å². The van der Waals surface area contributed by atoms with E-state index in [1.807, 2.05) is 19.2 Å². The van der Waals surface area contributed by atoms with Crippen molar-refractivity contribution in [1.29, 1.82) is 0 Å². The molecule has 0 aliphatic carbocycles. The Bertz CT molecular complexity index is 393. The molecule has 0 radical (unpaired) electrons. The van der Waals surface area contributed by atoms with Crippen LogP contribution >= 0.6 is 0 Å². The van der Waals surface area contributed by atoms with Gasteiger partial charge in [-0.15, -0.1) is 0 Å². The summed E-state index contributed by atoms with van der Waals surface area (Å²) in [7, 11) is 3.61. The number of benzene rings is 1. The maximum atomic E-state index is 12.8.